The van der Waals surface area contributed by atoms with Crippen LogP contribution in [0.25, 0.3) is 0 Å². The number of rotatable bonds is 4. The van der Waals surface area contributed by atoms with Crippen LogP contribution in [-0.4, -0.2) is 26.6 Å². The fourth-order valence-corrected chi connectivity index (χ4v) is 2.37. The molecule has 0 spiro atoms. The molecule has 0 aliphatic carbocycles. The standard InChI is InChI=1S/C12H13N3O5S/c1-7-5-9(15-20-7)12(16)14-8-3-4-10(19-2)11(6-8)21(13,17)18/h3-6H,1-2H3,(H,14,16)(H2,13,17,18). The second-order valence-electron chi connectivity index (χ2n) is 4.19. The van der Waals surface area contributed by atoms with E-state index in [1.807, 2.05) is 0 Å². The highest BCUT2D eigenvalue weighted by Crippen LogP contribution is 2.26. The monoisotopic (exact) mass is 311 g/mol. The number of benzene rings is 1. The molecule has 0 radical (unpaired) electrons. The van der Waals surface area contributed by atoms with Gasteiger partial charge in [-0.1, -0.05) is 5.16 Å². The van der Waals surface area contributed by atoms with Gasteiger partial charge in [0.05, 0.1) is 7.11 Å². The highest BCUT2D eigenvalue weighted by atomic mass is 32.2. The van der Waals surface area contributed by atoms with Crippen LogP contribution in [0, 0.1) is 6.92 Å². The molecule has 0 aliphatic rings. The van der Waals surface area contributed by atoms with Gasteiger partial charge in [0.1, 0.15) is 16.4 Å². The lowest BCUT2D eigenvalue weighted by Crippen LogP contribution is -2.16. The lowest BCUT2D eigenvalue weighted by Gasteiger charge is -2.09. The number of nitrogens with zero attached hydrogens (tertiary/aromatic N) is 1. The van der Waals surface area contributed by atoms with Gasteiger partial charge in [-0.05, 0) is 25.1 Å². The number of anilines is 1. The normalized spacial score (nSPS) is 11.2. The number of sulfonamides is 1. The van der Waals surface area contributed by atoms with Crippen molar-refractivity contribution < 1.29 is 22.5 Å². The van der Waals surface area contributed by atoms with Crippen LogP contribution in [0.2, 0.25) is 0 Å². The van der Waals surface area contributed by atoms with Crippen LogP contribution < -0.4 is 15.2 Å². The smallest absolute Gasteiger partial charge is 0.277 e. The van der Waals surface area contributed by atoms with Crippen LogP contribution >= 0.6 is 0 Å². The molecular formula is C12H13N3O5S. The summed E-state index contributed by atoms with van der Waals surface area (Å²) in [5.41, 5.74) is 0.325. The van der Waals surface area contributed by atoms with Crippen molar-refractivity contribution in [2.75, 3.05) is 12.4 Å². The van der Waals surface area contributed by atoms with Crippen LogP contribution in [0.4, 0.5) is 5.69 Å². The number of nitrogens with two attached hydrogens (primary N) is 1. The number of ether oxygens (including phenoxy) is 1. The first kappa shape index (κ1) is 15.0. The molecule has 0 saturated carbocycles. The highest BCUT2D eigenvalue weighted by Gasteiger charge is 2.17. The average molecular weight is 311 g/mol. The fraction of sp³-hybridized carbons (Fsp3) is 0.167. The Balaban J connectivity index is 2.31. The van der Waals surface area contributed by atoms with Gasteiger partial charge in [0.2, 0.25) is 10.0 Å². The number of amides is 1. The molecule has 112 valence electrons. The van der Waals surface area contributed by atoms with Crippen molar-refractivity contribution in [2.24, 2.45) is 5.14 Å². The maximum atomic E-state index is 11.9. The van der Waals surface area contributed by atoms with E-state index in [9.17, 15) is 13.2 Å². The number of hydrogen-bond acceptors (Lipinski definition) is 6. The maximum Gasteiger partial charge on any atom is 0.277 e. The molecule has 2 aromatic rings. The molecule has 2 rings (SSSR count). The van der Waals surface area contributed by atoms with Gasteiger partial charge < -0.3 is 14.6 Å². The van der Waals surface area contributed by atoms with E-state index < -0.39 is 15.9 Å². The van der Waals surface area contributed by atoms with Gasteiger partial charge in [0.25, 0.3) is 5.91 Å². The Kier molecular flexibility index (Phi) is 3.96. The molecule has 0 saturated heterocycles. The largest absolute Gasteiger partial charge is 0.495 e. The summed E-state index contributed by atoms with van der Waals surface area (Å²) in [6.07, 6.45) is 0. The van der Waals surface area contributed by atoms with Crippen LogP contribution in [-0.2, 0) is 10.0 Å². The van der Waals surface area contributed by atoms with Crippen LogP contribution in [0.5, 0.6) is 5.75 Å². The Morgan fingerprint density at radius 1 is 1.38 bits per heavy atom. The van der Waals surface area contributed by atoms with Crippen LogP contribution in [0.3, 0.4) is 0 Å². The summed E-state index contributed by atoms with van der Waals surface area (Å²) >= 11 is 0. The van der Waals surface area contributed by atoms with E-state index in [2.05, 4.69) is 10.5 Å². The van der Waals surface area contributed by atoms with E-state index in [1.54, 1.807) is 6.92 Å². The number of nitrogens with one attached hydrogen (secondary N) is 1. The Bertz CT molecular complexity index is 782. The van der Waals surface area contributed by atoms with E-state index in [1.165, 1.54) is 31.4 Å². The topological polar surface area (TPSA) is 125 Å². The molecule has 0 atom stereocenters. The van der Waals surface area contributed by atoms with Gasteiger partial charge in [-0.25, -0.2) is 13.6 Å². The third-order valence-corrected chi connectivity index (χ3v) is 3.52. The third-order valence-electron chi connectivity index (χ3n) is 2.59. The van der Waals surface area contributed by atoms with Gasteiger partial charge in [-0.15, -0.1) is 0 Å². The molecular weight excluding hydrogens is 298 g/mol. The Hall–Kier alpha value is -2.39. The summed E-state index contributed by atoms with van der Waals surface area (Å²) in [6, 6.07) is 5.54. The van der Waals surface area contributed by atoms with Crippen molar-refractivity contribution in [3.63, 3.8) is 0 Å². The fourth-order valence-electron chi connectivity index (χ4n) is 1.65. The summed E-state index contributed by atoms with van der Waals surface area (Å²) in [5.74, 6) is 0.0465. The Labute approximate surface area is 120 Å². The van der Waals surface area contributed by atoms with Gasteiger partial charge in [-0.3, -0.25) is 4.79 Å². The van der Waals surface area contributed by atoms with Crippen molar-refractivity contribution in [3.8, 4) is 5.75 Å². The molecule has 1 amide bonds. The molecule has 1 aromatic carbocycles. The third kappa shape index (κ3) is 3.38. The predicted octanol–water partition coefficient (Wildman–Crippen LogP) is 0.891. The highest BCUT2D eigenvalue weighted by molar-refractivity contribution is 7.89. The lowest BCUT2D eigenvalue weighted by molar-refractivity contribution is 0.101. The zero-order valence-electron chi connectivity index (χ0n) is 11.3. The van der Waals surface area contributed by atoms with Crippen molar-refractivity contribution in [3.05, 3.63) is 35.7 Å². The first-order valence-corrected chi connectivity index (χ1v) is 7.31. The lowest BCUT2D eigenvalue weighted by atomic mass is 10.3. The van der Waals surface area contributed by atoms with Crippen molar-refractivity contribution >= 4 is 21.6 Å². The van der Waals surface area contributed by atoms with Gasteiger partial charge in [0.15, 0.2) is 5.69 Å². The zero-order chi connectivity index (χ0) is 15.6. The number of carbonyl (C=O) groups is 1. The molecule has 0 unspecified atom stereocenters. The molecule has 3 N–H and O–H groups in total. The van der Waals surface area contributed by atoms with E-state index in [4.69, 9.17) is 14.4 Å². The zero-order valence-corrected chi connectivity index (χ0v) is 12.1. The predicted molar refractivity (Wildman–Crippen MR) is 73.6 cm³/mol. The van der Waals surface area contributed by atoms with Crippen molar-refractivity contribution in [2.45, 2.75) is 11.8 Å². The summed E-state index contributed by atoms with van der Waals surface area (Å²) < 4.78 is 32.7. The minimum Gasteiger partial charge on any atom is -0.495 e. The van der Waals surface area contributed by atoms with E-state index in [0.717, 1.165) is 0 Å². The molecule has 1 aromatic heterocycles. The molecule has 1 heterocycles. The number of methoxy groups -OCH3 is 1. The maximum absolute atomic E-state index is 11.9. The number of aryl methyl sites for hydroxylation is 1. The second kappa shape index (κ2) is 5.54. The van der Waals surface area contributed by atoms with Crippen molar-refractivity contribution in [1.82, 2.24) is 5.16 Å². The second-order valence-corrected chi connectivity index (χ2v) is 5.72. The van der Waals surface area contributed by atoms with Crippen molar-refractivity contribution in [1.29, 1.82) is 0 Å². The summed E-state index contributed by atoms with van der Waals surface area (Å²) in [6.45, 7) is 1.65. The molecule has 0 fully saturated rings. The number of aromatic nitrogens is 1. The summed E-state index contributed by atoms with van der Waals surface area (Å²) in [5, 5.41) is 11.2. The molecule has 0 aliphatic heterocycles. The van der Waals surface area contributed by atoms with Gasteiger partial charge in [-0.2, -0.15) is 0 Å². The van der Waals surface area contributed by atoms with E-state index in [0.29, 0.717) is 5.76 Å². The average Bonchev–Trinajstić information content (AvgIpc) is 2.84. The summed E-state index contributed by atoms with van der Waals surface area (Å²) in [4.78, 5) is 11.7. The van der Waals surface area contributed by atoms with Crippen LogP contribution in [0.15, 0.2) is 33.7 Å². The number of carbonyl (C=O) groups excluding carboxylic acids is 1. The number of primary sulfonamides is 1. The Morgan fingerprint density at radius 2 is 2.10 bits per heavy atom. The number of hydrogen-bond donors (Lipinski definition) is 2. The molecule has 9 heteroatoms. The van der Waals surface area contributed by atoms with Gasteiger partial charge in [0, 0.05) is 11.8 Å². The van der Waals surface area contributed by atoms with Gasteiger partial charge >= 0.3 is 0 Å². The Morgan fingerprint density at radius 3 is 2.62 bits per heavy atom. The van der Waals surface area contributed by atoms with Crippen LogP contribution in [0.1, 0.15) is 16.2 Å². The first-order valence-electron chi connectivity index (χ1n) is 5.77. The minimum atomic E-state index is -3.97. The quantitative estimate of drug-likeness (QED) is 0.864. The molecule has 0 bridgehead atoms. The SMILES string of the molecule is COc1ccc(NC(=O)c2cc(C)on2)cc1S(N)(=O)=O. The first-order chi connectivity index (χ1) is 9.81. The summed E-state index contributed by atoms with van der Waals surface area (Å²) in [7, 11) is -2.65. The van der Waals surface area contributed by atoms with E-state index >= 15 is 0 Å². The molecule has 21 heavy (non-hydrogen) atoms. The van der Waals surface area contributed by atoms with E-state index in [-0.39, 0.29) is 22.0 Å². The molecule has 8 nitrogen and oxygen atoms in total. The minimum absolute atomic E-state index is 0.0838.